The van der Waals surface area contributed by atoms with Crippen LogP contribution >= 0.6 is 11.6 Å². The van der Waals surface area contributed by atoms with E-state index in [9.17, 15) is 0 Å². The third-order valence-corrected chi connectivity index (χ3v) is 2.66. The Hall–Kier alpha value is -0.650. The molecule has 0 saturated carbocycles. The van der Waals surface area contributed by atoms with Gasteiger partial charge in [-0.25, -0.2) is 9.67 Å². The van der Waals surface area contributed by atoms with E-state index < -0.39 is 0 Å². The second-order valence-corrected chi connectivity index (χ2v) is 4.77. The zero-order chi connectivity index (χ0) is 12.7. The minimum Gasteiger partial charge on any atom is -0.383 e. The first-order chi connectivity index (χ1) is 8.17. The molecule has 0 fully saturated rings. The van der Waals surface area contributed by atoms with Crippen molar-refractivity contribution in [2.24, 2.45) is 0 Å². The van der Waals surface area contributed by atoms with Crippen LogP contribution in [0.4, 0.5) is 0 Å². The monoisotopic (exact) mass is 260 g/mol. The van der Waals surface area contributed by atoms with Crippen LogP contribution in [0.3, 0.4) is 0 Å². The van der Waals surface area contributed by atoms with Crippen molar-refractivity contribution >= 4 is 11.6 Å². The predicted molar refractivity (Wildman–Crippen MR) is 68.2 cm³/mol. The van der Waals surface area contributed by atoms with Crippen LogP contribution in [0.5, 0.6) is 0 Å². The molecule has 1 heterocycles. The lowest BCUT2D eigenvalue weighted by Gasteiger charge is -2.19. The quantitative estimate of drug-likeness (QED) is 0.663. The van der Waals surface area contributed by atoms with Crippen molar-refractivity contribution in [3.63, 3.8) is 0 Å². The van der Waals surface area contributed by atoms with Gasteiger partial charge in [0, 0.05) is 20.2 Å². The van der Waals surface area contributed by atoms with Crippen LogP contribution in [0, 0.1) is 0 Å². The van der Waals surface area contributed by atoms with Crippen LogP contribution in [0.15, 0.2) is 6.33 Å². The van der Waals surface area contributed by atoms with Crippen LogP contribution < -0.4 is 0 Å². The molecule has 0 aliphatic heterocycles. The number of alkyl halides is 1. The molecule has 1 rings (SSSR count). The van der Waals surface area contributed by atoms with E-state index in [0.717, 1.165) is 31.9 Å². The number of halogens is 1. The Bertz CT molecular complexity index is 318. The van der Waals surface area contributed by atoms with E-state index >= 15 is 0 Å². The van der Waals surface area contributed by atoms with E-state index in [1.807, 2.05) is 11.7 Å². The van der Waals surface area contributed by atoms with Gasteiger partial charge in [-0.05, 0) is 13.5 Å². The number of ether oxygens (including phenoxy) is 1. The molecule has 0 amide bonds. The highest BCUT2D eigenvalue weighted by Crippen LogP contribution is 2.04. The molecule has 17 heavy (non-hydrogen) atoms. The van der Waals surface area contributed by atoms with Crippen LogP contribution in [0.25, 0.3) is 0 Å². The molecule has 1 aromatic rings. The summed E-state index contributed by atoms with van der Waals surface area (Å²) >= 11 is 6.11. The summed E-state index contributed by atoms with van der Waals surface area (Å²) in [5, 5.41) is 4.20. The average Bonchev–Trinajstić information content (AvgIpc) is 2.66. The van der Waals surface area contributed by atoms with Crippen LogP contribution in [-0.4, -0.2) is 52.4 Å². The van der Waals surface area contributed by atoms with E-state index in [4.69, 9.17) is 16.3 Å². The van der Waals surface area contributed by atoms with Gasteiger partial charge in [0.15, 0.2) is 0 Å². The summed E-state index contributed by atoms with van der Waals surface area (Å²) in [5.74, 6) is 0.982. The van der Waals surface area contributed by atoms with Crippen molar-refractivity contribution in [2.75, 3.05) is 27.3 Å². The van der Waals surface area contributed by atoms with Crippen LogP contribution in [0.2, 0.25) is 0 Å². The molecular formula is C11H21ClN4O. The highest BCUT2D eigenvalue weighted by atomic mass is 35.5. The van der Waals surface area contributed by atoms with Gasteiger partial charge in [0.1, 0.15) is 12.2 Å². The molecule has 1 atom stereocenters. The average molecular weight is 261 g/mol. The first kappa shape index (κ1) is 14.4. The van der Waals surface area contributed by atoms with Gasteiger partial charge in [0.05, 0.1) is 18.5 Å². The lowest BCUT2D eigenvalue weighted by molar-refractivity contribution is 0.180. The Kier molecular flexibility index (Phi) is 6.47. The van der Waals surface area contributed by atoms with Crippen molar-refractivity contribution in [3.05, 3.63) is 12.2 Å². The highest BCUT2D eigenvalue weighted by Gasteiger charge is 2.11. The molecule has 0 N–H and O–H groups in total. The van der Waals surface area contributed by atoms with Gasteiger partial charge in [-0.2, -0.15) is 5.10 Å². The third kappa shape index (κ3) is 5.02. The van der Waals surface area contributed by atoms with Crippen LogP contribution in [-0.2, 0) is 17.8 Å². The number of aromatic nitrogens is 3. The number of rotatable bonds is 8. The molecule has 0 aromatic carbocycles. The highest BCUT2D eigenvalue weighted by molar-refractivity contribution is 6.20. The largest absolute Gasteiger partial charge is 0.383 e. The molecule has 0 saturated heterocycles. The van der Waals surface area contributed by atoms with Crippen molar-refractivity contribution < 1.29 is 4.74 Å². The molecule has 0 bridgehead atoms. The molecule has 0 aliphatic carbocycles. The standard InChI is InChI=1S/C11H21ClN4O/c1-4-5-16-11(13-9-14-16)7-15(2)6-10(12)8-17-3/h9-10H,4-8H2,1-3H3. The molecule has 0 spiro atoms. The van der Waals surface area contributed by atoms with Gasteiger partial charge >= 0.3 is 0 Å². The van der Waals surface area contributed by atoms with Crippen LogP contribution in [0.1, 0.15) is 19.2 Å². The Morgan fingerprint density at radius 1 is 1.59 bits per heavy atom. The van der Waals surface area contributed by atoms with Gasteiger partial charge in [-0.15, -0.1) is 11.6 Å². The first-order valence-corrected chi connectivity index (χ1v) is 6.29. The van der Waals surface area contributed by atoms with Gasteiger partial charge in [-0.1, -0.05) is 6.92 Å². The summed E-state index contributed by atoms with van der Waals surface area (Å²) in [4.78, 5) is 6.40. The number of hydrogen-bond acceptors (Lipinski definition) is 4. The molecule has 5 nitrogen and oxygen atoms in total. The summed E-state index contributed by atoms with van der Waals surface area (Å²) in [7, 11) is 3.68. The lowest BCUT2D eigenvalue weighted by Crippen LogP contribution is -2.29. The summed E-state index contributed by atoms with van der Waals surface area (Å²) in [6.45, 7) is 5.13. The Morgan fingerprint density at radius 2 is 2.35 bits per heavy atom. The van der Waals surface area contributed by atoms with E-state index in [0.29, 0.717) is 6.61 Å². The lowest BCUT2D eigenvalue weighted by atomic mass is 10.4. The molecule has 1 aromatic heterocycles. The van der Waals surface area contributed by atoms with Crippen molar-refractivity contribution in [1.82, 2.24) is 19.7 Å². The fourth-order valence-electron chi connectivity index (χ4n) is 1.69. The Morgan fingerprint density at radius 3 is 3.00 bits per heavy atom. The number of aryl methyl sites for hydroxylation is 1. The molecule has 1 unspecified atom stereocenters. The summed E-state index contributed by atoms with van der Waals surface area (Å²) in [5.41, 5.74) is 0. The molecule has 98 valence electrons. The fraction of sp³-hybridized carbons (Fsp3) is 0.818. The van der Waals surface area contributed by atoms with Crippen molar-refractivity contribution in [1.29, 1.82) is 0 Å². The maximum Gasteiger partial charge on any atom is 0.140 e. The summed E-state index contributed by atoms with van der Waals surface area (Å²) in [6, 6.07) is 0. The molecule has 6 heteroatoms. The van der Waals surface area contributed by atoms with E-state index in [2.05, 4.69) is 21.9 Å². The second-order valence-electron chi connectivity index (χ2n) is 4.15. The number of hydrogen-bond donors (Lipinski definition) is 0. The van der Waals surface area contributed by atoms with Gasteiger partial charge in [0.2, 0.25) is 0 Å². The van der Waals surface area contributed by atoms with Crippen molar-refractivity contribution in [2.45, 2.75) is 31.8 Å². The van der Waals surface area contributed by atoms with E-state index in [1.54, 1.807) is 13.4 Å². The Labute approximate surface area is 108 Å². The maximum absolute atomic E-state index is 6.11. The van der Waals surface area contributed by atoms with Gasteiger partial charge < -0.3 is 4.74 Å². The zero-order valence-electron chi connectivity index (χ0n) is 10.8. The molecule has 0 aliphatic rings. The smallest absolute Gasteiger partial charge is 0.140 e. The van der Waals surface area contributed by atoms with Gasteiger partial charge in [-0.3, -0.25) is 4.90 Å². The van der Waals surface area contributed by atoms with Crippen molar-refractivity contribution in [3.8, 4) is 0 Å². The minimum atomic E-state index is 0.00699. The summed E-state index contributed by atoms with van der Waals surface area (Å²) in [6.07, 6.45) is 2.66. The summed E-state index contributed by atoms with van der Waals surface area (Å²) < 4.78 is 6.95. The predicted octanol–water partition coefficient (Wildman–Crippen LogP) is 1.37. The normalized spacial score (nSPS) is 13.2. The SMILES string of the molecule is CCCn1ncnc1CN(C)CC(Cl)COC. The Balaban J connectivity index is 2.44. The van der Waals surface area contributed by atoms with E-state index in [1.165, 1.54) is 0 Å². The maximum atomic E-state index is 6.11. The minimum absolute atomic E-state index is 0.00699. The number of methoxy groups -OCH3 is 1. The molecule has 0 radical (unpaired) electrons. The van der Waals surface area contributed by atoms with Gasteiger partial charge in [0.25, 0.3) is 0 Å². The second kappa shape index (κ2) is 7.63. The zero-order valence-corrected chi connectivity index (χ0v) is 11.5. The fourth-order valence-corrected chi connectivity index (χ4v) is 2.05. The topological polar surface area (TPSA) is 43.2 Å². The van der Waals surface area contributed by atoms with E-state index in [-0.39, 0.29) is 5.38 Å². The number of nitrogens with zero attached hydrogens (tertiary/aromatic N) is 4. The third-order valence-electron chi connectivity index (χ3n) is 2.40. The first-order valence-electron chi connectivity index (χ1n) is 5.85. The molecular weight excluding hydrogens is 240 g/mol.